The van der Waals surface area contributed by atoms with E-state index in [0.29, 0.717) is 19.6 Å². The largest absolute Gasteiger partial charge is 0.357 e. The standard InChI is InChI=1S/C18H26N4O3/c1-14(23)20-12-17(24)22-11-10-21(13-16(22)18(25)19-2)9-8-15-6-4-3-5-7-15/h3-7,16H,8-13H2,1-2H3,(H,19,25)(H,20,23). The number of carbonyl (C=O) groups is 3. The van der Waals surface area contributed by atoms with Crippen molar-refractivity contribution in [3.63, 3.8) is 0 Å². The van der Waals surface area contributed by atoms with Crippen LogP contribution in [0.3, 0.4) is 0 Å². The fraction of sp³-hybridized carbons (Fsp3) is 0.500. The molecule has 2 rings (SSSR count). The Kier molecular flexibility index (Phi) is 6.94. The maximum Gasteiger partial charge on any atom is 0.243 e. The molecule has 1 aromatic carbocycles. The maximum absolute atomic E-state index is 12.3. The lowest BCUT2D eigenvalue weighted by Crippen LogP contribution is -2.61. The lowest BCUT2D eigenvalue weighted by atomic mass is 10.1. The first-order chi connectivity index (χ1) is 12.0. The quantitative estimate of drug-likeness (QED) is 0.736. The van der Waals surface area contributed by atoms with Crippen LogP contribution >= 0.6 is 0 Å². The summed E-state index contributed by atoms with van der Waals surface area (Å²) < 4.78 is 0. The van der Waals surface area contributed by atoms with Crippen molar-refractivity contribution in [1.29, 1.82) is 0 Å². The van der Waals surface area contributed by atoms with Gasteiger partial charge in [-0.2, -0.15) is 0 Å². The van der Waals surface area contributed by atoms with Gasteiger partial charge in [0.25, 0.3) is 0 Å². The van der Waals surface area contributed by atoms with Crippen molar-refractivity contribution in [2.45, 2.75) is 19.4 Å². The fourth-order valence-electron chi connectivity index (χ4n) is 2.97. The average Bonchev–Trinajstić information content (AvgIpc) is 2.64. The second-order valence-electron chi connectivity index (χ2n) is 6.16. The molecule has 7 heteroatoms. The van der Waals surface area contributed by atoms with Crippen LogP contribution in [0.1, 0.15) is 12.5 Å². The summed E-state index contributed by atoms with van der Waals surface area (Å²) in [5.74, 6) is -0.668. The molecule has 3 amide bonds. The maximum atomic E-state index is 12.3. The Hall–Kier alpha value is -2.41. The zero-order valence-electron chi connectivity index (χ0n) is 14.8. The molecule has 1 atom stereocenters. The molecule has 1 unspecified atom stereocenters. The number of nitrogens with zero attached hydrogens (tertiary/aromatic N) is 2. The summed E-state index contributed by atoms with van der Waals surface area (Å²) in [5.41, 5.74) is 1.25. The topological polar surface area (TPSA) is 81.8 Å². The zero-order chi connectivity index (χ0) is 18.2. The Balaban J connectivity index is 1.95. The van der Waals surface area contributed by atoms with Crippen molar-refractivity contribution in [1.82, 2.24) is 20.4 Å². The summed E-state index contributed by atoms with van der Waals surface area (Å²) in [6.45, 7) is 3.82. The van der Waals surface area contributed by atoms with Crippen LogP contribution in [0.2, 0.25) is 0 Å². The van der Waals surface area contributed by atoms with Gasteiger partial charge in [-0.1, -0.05) is 30.3 Å². The molecule has 25 heavy (non-hydrogen) atoms. The minimum Gasteiger partial charge on any atom is -0.357 e. The van der Waals surface area contributed by atoms with Gasteiger partial charge in [0.15, 0.2) is 0 Å². The molecule has 1 aromatic rings. The van der Waals surface area contributed by atoms with Crippen LogP contribution in [0, 0.1) is 0 Å². The van der Waals surface area contributed by atoms with Crippen molar-refractivity contribution < 1.29 is 14.4 Å². The summed E-state index contributed by atoms with van der Waals surface area (Å²) >= 11 is 0. The van der Waals surface area contributed by atoms with E-state index in [1.807, 2.05) is 18.2 Å². The smallest absolute Gasteiger partial charge is 0.243 e. The molecule has 1 fully saturated rings. The first kappa shape index (κ1) is 18.9. The number of hydrogen-bond donors (Lipinski definition) is 2. The van der Waals surface area contributed by atoms with Gasteiger partial charge in [-0.15, -0.1) is 0 Å². The normalized spacial score (nSPS) is 17.8. The van der Waals surface area contributed by atoms with Gasteiger partial charge in [-0.05, 0) is 12.0 Å². The van der Waals surface area contributed by atoms with Crippen molar-refractivity contribution in [2.75, 3.05) is 39.8 Å². The third kappa shape index (κ3) is 5.56. The molecular weight excluding hydrogens is 320 g/mol. The highest BCUT2D eigenvalue weighted by Crippen LogP contribution is 2.12. The lowest BCUT2D eigenvalue weighted by Gasteiger charge is -2.40. The van der Waals surface area contributed by atoms with Gasteiger partial charge in [-0.25, -0.2) is 0 Å². The van der Waals surface area contributed by atoms with Crippen LogP contribution < -0.4 is 10.6 Å². The summed E-state index contributed by atoms with van der Waals surface area (Å²) in [5, 5.41) is 5.13. The number of piperazine rings is 1. The number of benzene rings is 1. The van der Waals surface area contributed by atoms with E-state index in [1.54, 1.807) is 11.9 Å². The van der Waals surface area contributed by atoms with Crippen LogP contribution in [0.15, 0.2) is 30.3 Å². The van der Waals surface area contributed by atoms with Crippen molar-refractivity contribution in [3.05, 3.63) is 35.9 Å². The van der Waals surface area contributed by atoms with E-state index in [4.69, 9.17) is 0 Å². The lowest BCUT2D eigenvalue weighted by molar-refractivity contribution is -0.143. The van der Waals surface area contributed by atoms with E-state index in [9.17, 15) is 14.4 Å². The van der Waals surface area contributed by atoms with Gasteiger partial charge in [0, 0.05) is 40.2 Å². The second-order valence-corrected chi connectivity index (χ2v) is 6.16. The summed E-state index contributed by atoms with van der Waals surface area (Å²) in [7, 11) is 1.57. The molecule has 7 nitrogen and oxygen atoms in total. The first-order valence-electron chi connectivity index (χ1n) is 8.53. The number of hydrogen-bond acceptors (Lipinski definition) is 4. The molecular formula is C18H26N4O3. The number of nitrogens with one attached hydrogen (secondary N) is 2. The number of likely N-dealkylation sites (N-methyl/N-ethyl adjacent to an activating group) is 1. The predicted octanol–water partition coefficient (Wildman–Crippen LogP) is -0.376. The fourth-order valence-corrected chi connectivity index (χ4v) is 2.97. The molecule has 1 saturated heterocycles. The number of amides is 3. The first-order valence-corrected chi connectivity index (χ1v) is 8.53. The zero-order valence-corrected chi connectivity index (χ0v) is 14.8. The molecule has 0 radical (unpaired) electrons. The average molecular weight is 346 g/mol. The van der Waals surface area contributed by atoms with Gasteiger partial charge >= 0.3 is 0 Å². The van der Waals surface area contributed by atoms with Crippen LogP contribution in [-0.4, -0.2) is 73.3 Å². The van der Waals surface area contributed by atoms with Crippen LogP contribution in [0.4, 0.5) is 0 Å². The SMILES string of the molecule is CNC(=O)C1CN(CCc2ccccc2)CCN1C(=O)CNC(C)=O. The predicted molar refractivity (Wildman–Crippen MR) is 94.8 cm³/mol. The Morgan fingerprint density at radius 3 is 2.52 bits per heavy atom. The molecule has 136 valence electrons. The van der Waals surface area contributed by atoms with E-state index in [1.165, 1.54) is 12.5 Å². The Labute approximate surface area is 148 Å². The van der Waals surface area contributed by atoms with Gasteiger partial charge in [0.05, 0.1) is 6.54 Å². The van der Waals surface area contributed by atoms with Crippen molar-refractivity contribution >= 4 is 17.7 Å². The van der Waals surface area contributed by atoms with Gasteiger partial charge in [0.1, 0.15) is 6.04 Å². The van der Waals surface area contributed by atoms with Crippen LogP contribution in [-0.2, 0) is 20.8 Å². The van der Waals surface area contributed by atoms with Crippen LogP contribution in [0.25, 0.3) is 0 Å². The molecule has 0 spiro atoms. The van der Waals surface area contributed by atoms with E-state index in [2.05, 4.69) is 27.7 Å². The third-order valence-corrected chi connectivity index (χ3v) is 4.38. The van der Waals surface area contributed by atoms with E-state index in [-0.39, 0.29) is 24.3 Å². The molecule has 1 heterocycles. The molecule has 1 aliphatic heterocycles. The van der Waals surface area contributed by atoms with E-state index < -0.39 is 6.04 Å². The van der Waals surface area contributed by atoms with Gasteiger partial charge < -0.3 is 15.5 Å². The molecule has 0 bridgehead atoms. The number of carbonyl (C=O) groups excluding carboxylic acids is 3. The Morgan fingerprint density at radius 1 is 1.16 bits per heavy atom. The highest BCUT2D eigenvalue weighted by Gasteiger charge is 2.34. The van der Waals surface area contributed by atoms with E-state index >= 15 is 0 Å². The summed E-state index contributed by atoms with van der Waals surface area (Å²) in [4.78, 5) is 39.3. The monoisotopic (exact) mass is 346 g/mol. The minimum absolute atomic E-state index is 0.0765. The highest BCUT2D eigenvalue weighted by atomic mass is 16.2. The van der Waals surface area contributed by atoms with Gasteiger partial charge in [0.2, 0.25) is 17.7 Å². The molecule has 0 aliphatic carbocycles. The number of rotatable bonds is 6. The molecule has 1 aliphatic rings. The molecule has 0 aromatic heterocycles. The second kappa shape index (κ2) is 9.17. The van der Waals surface area contributed by atoms with Crippen molar-refractivity contribution in [3.8, 4) is 0 Å². The molecule has 0 saturated carbocycles. The summed E-state index contributed by atoms with van der Waals surface area (Å²) in [6.07, 6.45) is 0.904. The Bertz CT molecular complexity index is 606. The third-order valence-electron chi connectivity index (χ3n) is 4.38. The minimum atomic E-state index is -0.532. The van der Waals surface area contributed by atoms with Gasteiger partial charge in [-0.3, -0.25) is 19.3 Å². The molecule has 2 N–H and O–H groups in total. The van der Waals surface area contributed by atoms with Crippen molar-refractivity contribution in [2.24, 2.45) is 0 Å². The van der Waals surface area contributed by atoms with E-state index in [0.717, 1.165) is 13.0 Å². The summed E-state index contributed by atoms with van der Waals surface area (Å²) in [6, 6.07) is 9.66. The highest BCUT2D eigenvalue weighted by molar-refractivity contribution is 5.90. The Morgan fingerprint density at radius 2 is 1.88 bits per heavy atom. The van der Waals surface area contributed by atoms with Crippen LogP contribution in [0.5, 0.6) is 0 Å².